The minimum Gasteiger partial charge on any atom is -0.262 e. The molecule has 0 unspecified atom stereocenters. The number of nitrogens with zero attached hydrogens (tertiary/aromatic N) is 3. The summed E-state index contributed by atoms with van der Waals surface area (Å²) in [6.07, 6.45) is 5.72. The lowest BCUT2D eigenvalue weighted by Gasteiger charge is -2.11. The molecule has 0 N–H and O–H groups in total. The molecular weight excluding hydrogens is 258 g/mol. The van der Waals surface area contributed by atoms with Crippen LogP contribution in [0.15, 0.2) is 42.9 Å². The zero-order valence-corrected chi connectivity index (χ0v) is 13.0. The lowest BCUT2D eigenvalue weighted by atomic mass is 9.93. The molecule has 0 aliphatic carbocycles. The first kappa shape index (κ1) is 13.8. The number of rotatable bonds is 3. The first-order valence-electron chi connectivity index (χ1n) is 7.50. The fourth-order valence-corrected chi connectivity index (χ4v) is 2.58. The molecule has 0 bridgehead atoms. The Morgan fingerprint density at radius 2 is 1.86 bits per heavy atom. The molecule has 0 radical (unpaired) electrons. The van der Waals surface area contributed by atoms with E-state index >= 15 is 0 Å². The van der Waals surface area contributed by atoms with Crippen LogP contribution >= 0.6 is 0 Å². The van der Waals surface area contributed by atoms with Crippen molar-refractivity contribution in [3.63, 3.8) is 0 Å². The van der Waals surface area contributed by atoms with E-state index in [0.717, 1.165) is 11.2 Å². The summed E-state index contributed by atoms with van der Waals surface area (Å²) in [5, 5.41) is 5.98. The summed E-state index contributed by atoms with van der Waals surface area (Å²) in [4.78, 5) is 4.17. The average molecular weight is 279 g/mol. The Kier molecular flexibility index (Phi) is 3.50. The zero-order chi connectivity index (χ0) is 15.0. The SMILES string of the molecule is CC(C)c1cc(C(C)C)c2nn(-c3cccnc3)cc2c1. The number of pyridine rings is 1. The van der Waals surface area contributed by atoms with E-state index in [1.54, 1.807) is 6.20 Å². The molecule has 0 saturated carbocycles. The summed E-state index contributed by atoms with van der Waals surface area (Å²) in [6.45, 7) is 8.91. The van der Waals surface area contributed by atoms with Gasteiger partial charge in [-0.1, -0.05) is 33.8 Å². The monoisotopic (exact) mass is 279 g/mol. The van der Waals surface area contributed by atoms with Crippen LogP contribution in [0.3, 0.4) is 0 Å². The lowest BCUT2D eigenvalue weighted by molar-refractivity contribution is 0.833. The number of benzene rings is 1. The van der Waals surface area contributed by atoms with Crippen molar-refractivity contribution >= 4 is 10.9 Å². The van der Waals surface area contributed by atoms with Crippen LogP contribution in [-0.4, -0.2) is 14.8 Å². The van der Waals surface area contributed by atoms with Gasteiger partial charge in [-0.25, -0.2) is 4.68 Å². The molecule has 0 aliphatic heterocycles. The Hall–Kier alpha value is -2.16. The van der Waals surface area contributed by atoms with Crippen molar-refractivity contribution < 1.29 is 0 Å². The molecule has 3 nitrogen and oxygen atoms in total. The van der Waals surface area contributed by atoms with Crippen LogP contribution in [0.2, 0.25) is 0 Å². The Bertz CT molecular complexity index is 755. The van der Waals surface area contributed by atoms with Gasteiger partial charge >= 0.3 is 0 Å². The number of fused-ring (bicyclic) bond motifs is 1. The van der Waals surface area contributed by atoms with Gasteiger partial charge in [0.25, 0.3) is 0 Å². The van der Waals surface area contributed by atoms with Crippen LogP contribution in [0.1, 0.15) is 50.7 Å². The highest BCUT2D eigenvalue weighted by atomic mass is 15.3. The normalized spacial score (nSPS) is 11.7. The summed E-state index contributed by atoms with van der Waals surface area (Å²) < 4.78 is 1.92. The van der Waals surface area contributed by atoms with Gasteiger partial charge in [-0.05, 0) is 41.2 Å². The molecule has 3 aromatic rings. The molecule has 0 spiro atoms. The molecule has 0 amide bonds. The third kappa shape index (κ3) is 2.56. The highest BCUT2D eigenvalue weighted by Gasteiger charge is 2.13. The van der Waals surface area contributed by atoms with Gasteiger partial charge < -0.3 is 0 Å². The summed E-state index contributed by atoms with van der Waals surface area (Å²) >= 11 is 0. The Morgan fingerprint density at radius 1 is 1.05 bits per heavy atom. The Labute approximate surface area is 125 Å². The van der Waals surface area contributed by atoms with Crippen molar-refractivity contribution in [2.45, 2.75) is 39.5 Å². The van der Waals surface area contributed by atoms with Crippen molar-refractivity contribution in [2.24, 2.45) is 0 Å². The van der Waals surface area contributed by atoms with Gasteiger partial charge in [-0.3, -0.25) is 4.98 Å². The molecule has 0 fully saturated rings. The molecule has 2 aromatic heterocycles. The smallest absolute Gasteiger partial charge is 0.0962 e. The van der Waals surface area contributed by atoms with Crippen LogP contribution in [0.4, 0.5) is 0 Å². The molecule has 1 aromatic carbocycles. The second kappa shape index (κ2) is 5.32. The maximum Gasteiger partial charge on any atom is 0.0962 e. The van der Waals surface area contributed by atoms with Gasteiger partial charge in [-0.15, -0.1) is 0 Å². The van der Waals surface area contributed by atoms with E-state index in [2.05, 4.69) is 51.0 Å². The molecule has 3 heteroatoms. The minimum absolute atomic E-state index is 0.462. The second-order valence-corrected chi connectivity index (χ2v) is 6.14. The molecule has 0 aliphatic rings. The maximum atomic E-state index is 4.78. The summed E-state index contributed by atoms with van der Waals surface area (Å²) in [5.41, 5.74) is 4.78. The fourth-order valence-electron chi connectivity index (χ4n) is 2.58. The summed E-state index contributed by atoms with van der Waals surface area (Å²) in [7, 11) is 0. The highest BCUT2D eigenvalue weighted by molar-refractivity contribution is 5.83. The van der Waals surface area contributed by atoms with Gasteiger partial charge in [-0.2, -0.15) is 5.10 Å². The first-order chi connectivity index (χ1) is 10.1. The van der Waals surface area contributed by atoms with Crippen molar-refractivity contribution in [1.29, 1.82) is 0 Å². The fraction of sp³-hybridized carbons (Fsp3) is 0.333. The number of hydrogen-bond donors (Lipinski definition) is 0. The topological polar surface area (TPSA) is 30.7 Å². The van der Waals surface area contributed by atoms with E-state index in [1.807, 2.05) is 23.0 Å². The zero-order valence-electron chi connectivity index (χ0n) is 13.0. The molecule has 0 atom stereocenters. The first-order valence-corrected chi connectivity index (χ1v) is 7.50. The lowest BCUT2D eigenvalue weighted by Crippen LogP contribution is -1.96. The quantitative estimate of drug-likeness (QED) is 0.697. The Balaban J connectivity index is 2.22. The largest absolute Gasteiger partial charge is 0.262 e. The van der Waals surface area contributed by atoms with E-state index in [0.29, 0.717) is 11.8 Å². The van der Waals surface area contributed by atoms with Crippen LogP contribution in [0, 0.1) is 0 Å². The van der Waals surface area contributed by atoms with Crippen molar-refractivity contribution in [2.75, 3.05) is 0 Å². The van der Waals surface area contributed by atoms with Crippen molar-refractivity contribution in [3.8, 4) is 5.69 Å². The third-order valence-corrected chi connectivity index (χ3v) is 3.86. The van der Waals surface area contributed by atoms with Crippen LogP contribution in [0.5, 0.6) is 0 Å². The van der Waals surface area contributed by atoms with Gasteiger partial charge in [0.05, 0.1) is 17.4 Å². The van der Waals surface area contributed by atoms with Crippen molar-refractivity contribution in [1.82, 2.24) is 14.8 Å². The van der Waals surface area contributed by atoms with Gasteiger partial charge in [0, 0.05) is 17.8 Å². The van der Waals surface area contributed by atoms with E-state index in [1.165, 1.54) is 16.5 Å². The van der Waals surface area contributed by atoms with Gasteiger partial charge in [0.2, 0.25) is 0 Å². The van der Waals surface area contributed by atoms with Gasteiger partial charge in [0.15, 0.2) is 0 Å². The average Bonchev–Trinajstić information content (AvgIpc) is 2.90. The molecule has 108 valence electrons. The minimum atomic E-state index is 0.462. The van der Waals surface area contributed by atoms with Crippen molar-refractivity contribution in [3.05, 3.63) is 54.0 Å². The highest BCUT2D eigenvalue weighted by Crippen LogP contribution is 2.29. The van der Waals surface area contributed by atoms with E-state index in [9.17, 15) is 0 Å². The molecule has 0 saturated heterocycles. The summed E-state index contributed by atoms with van der Waals surface area (Å²) in [5.74, 6) is 0.983. The second-order valence-electron chi connectivity index (χ2n) is 6.14. The maximum absolute atomic E-state index is 4.78. The third-order valence-electron chi connectivity index (χ3n) is 3.86. The molecule has 3 rings (SSSR count). The number of hydrogen-bond acceptors (Lipinski definition) is 2. The van der Waals surface area contributed by atoms with Crippen LogP contribution in [0.25, 0.3) is 16.6 Å². The van der Waals surface area contributed by atoms with Crippen LogP contribution < -0.4 is 0 Å². The van der Waals surface area contributed by atoms with E-state index < -0.39 is 0 Å². The van der Waals surface area contributed by atoms with Crippen LogP contribution in [-0.2, 0) is 0 Å². The number of aromatic nitrogens is 3. The van der Waals surface area contributed by atoms with E-state index in [-0.39, 0.29) is 0 Å². The molecule has 2 heterocycles. The standard InChI is InChI=1S/C18H21N3/c1-12(2)14-8-15-11-21(16-6-5-7-19-10-16)20-18(15)17(9-14)13(3)4/h5-13H,1-4H3. The molecule has 21 heavy (non-hydrogen) atoms. The van der Waals surface area contributed by atoms with E-state index in [4.69, 9.17) is 5.10 Å². The Morgan fingerprint density at radius 3 is 2.48 bits per heavy atom. The van der Waals surface area contributed by atoms with Gasteiger partial charge in [0.1, 0.15) is 0 Å². The molecular formula is C18H21N3. The summed E-state index contributed by atoms with van der Waals surface area (Å²) in [6, 6.07) is 8.52. The predicted molar refractivity (Wildman–Crippen MR) is 87.0 cm³/mol. The predicted octanol–water partition coefficient (Wildman–Crippen LogP) is 4.67.